The first-order valence-corrected chi connectivity index (χ1v) is 5.14. The van der Waals surface area contributed by atoms with Gasteiger partial charge < -0.3 is 15.4 Å². The van der Waals surface area contributed by atoms with E-state index in [9.17, 15) is 4.79 Å². The lowest BCUT2D eigenvalue weighted by atomic mass is 10.2. The third-order valence-electron chi connectivity index (χ3n) is 2.08. The molecule has 4 heteroatoms. The van der Waals surface area contributed by atoms with Crippen LogP contribution in [0, 0.1) is 0 Å². The summed E-state index contributed by atoms with van der Waals surface area (Å²) in [7, 11) is 0. The van der Waals surface area contributed by atoms with Gasteiger partial charge in [-0.05, 0) is 19.3 Å². The number of hydrogen-bond acceptors (Lipinski definition) is 2. The van der Waals surface area contributed by atoms with Gasteiger partial charge >= 0.3 is 6.03 Å². The molecule has 1 saturated heterocycles. The molecule has 0 aromatic heterocycles. The highest BCUT2D eigenvalue weighted by molar-refractivity contribution is 5.74. The monoisotopic (exact) mass is 198 g/mol. The van der Waals surface area contributed by atoms with E-state index in [0.717, 1.165) is 25.9 Å². The molecule has 1 atom stereocenters. The molecule has 0 aromatic rings. The summed E-state index contributed by atoms with van der Waals surface area (Å²) < 4.78 is 5.37. The van der Waals surface area contributed by atoms with Crippen molar-refractivity contribution in [1.82, 2.24) is 10.6 Å². The Bertz CT molecular complexity index is 198. The fourth-order valence-electron chi connectivity index (χ4n) is 1.32. The Balaban J connectivity index is 2.05. The van der Waals surface area contributed by atoms with Crippen molar-refractivity contribution in [2.75, 3.05) is 13.2 Å². The van der Waals surface area contributed by atoms with Crippen molar-refractivity contribution in [2.24, 2.45) is 0 Å². The highest BCUT2D eigenvalue weighted by atomic mass is 16.5. The Morgan fingerprint density at radius 1 is 1.64 bits per heavy atom. The zero-order valence-electron chi connectivity index (χ0n) is 8.58. The second-order valence-electron chi connectivity index (χ2n) is 3.30. The van der Waals surface area contributed by atoms with E-state index < -0.39 is 0 Å². The Hall–Kier alpha value is -1.03. The molecule has 1 aliphatic rings. The number of hydrogen-bond donors (Lipinski definition) is 2. The molecule has 80 valence electrons. The van der Waals surface area contributed by atoms with Crippen molar-refractivity contribution in [3.8, 4) is 0 Å². The van der Waals surface area contributed by atoms with Crippen LogP contribution in [0.3, 0.4) is 0 Å². The number of nitrogens with one attached hydrogen (secondary N) is 2. The fourth-order valence-corrected chi connectivity index (χ4v) is 1.32. The zero-order valence-corrected chi connectivity index (χ0v) is 8.58. The summed E-state index contributed by atoms with van der Waals surface area (Å²) in [6.07, 6.45) is 6.83. The molecule has 14 heavy (non-hydrogen) atoms. The number of carbonyl (C=O) groups is 1. The predicted molar refractivity (Wildman–Crippen MR) is 54.9 cm³/mol. The van der Waals surface area contributed by atoms with E-state index in [2.05, 4.69) is 10.6 Å². The van der Waals surface area contributed by atoms with Gasteiger partial charge in [-0.3, -0.25) is 0 Å². The van der Waals surface area contributed by atoms with Crippen LogP contribution in [0.4, 0.5) is 4.79 Å². The molecule has 1 aliphatic heterocycles. The second kappa shape index (κ2) is 6.43. The smallest absolute Gasteiger partial charge is 0.318 e. The number of ether oxygens (including phenoxy) is 1. The quantitative estimate of drug-likeness (QED) is 0.717. The van der Waals surface area contributed by atoms with Gasteiger partial charge in [-0.1, -0.05) is 13.0 Å². The molecule has 0 bridgehead atoms. The van der Waals surface area contributed by atoms with Crippen LogP contribution in [0.1, 0.15) is 26.2 Å². The average molecular weight is 198 g/mol. The number of amides is 2. The topological polar surface area (TPSA) is 50.4 Å². The van der Waals surface area contributed by atoms with Gasteiger partial charge in [0.1, 0.15) is 0 Å². The minimum Gasteiger partial charge on any atom is -0.376 e. The molecule has 0 saturated carbocycles. The highest BCUT2D eigenvalue weighted by Gasteiger charge is 2.15. The summed E-state index contributed by atoms with van der Waals surface area (Å²) in [5, 5.41) is 5.38. The van der Waals surface area contributed by atoms with Crippen LogP contribution in [0.2, 0.25) is 0 Å². The van der Waals surface area contributed by atoms with Crippen molar-refractivity contribution in [1.29, 1.82) is 0 Å². The summed E-state index contributed by atoms with van der Waals surface area (Å²) in [5.41, 5.74) is 0. The third-order valence-corrected chi connectivity index (χ3v) is 2.08. The average Bonchev–Trinajstić information content (AvgIpc) is 2.68. The first kappa shape index (κ1) is 11.0. The van der Waals surface area contributed by atoms with Crippen LogP contribution in [-0.2, 0) is 4.74 Å². The van der Waals surface area contributed by atoms with Crippen molar-refractivity contribution in [3.63, 3.8) is 0 Å². The lowest BCUT2D eigenvalue weighted by Gasteiger charge is -2.09. The minimum atomic E-state index is -0.162. The molecule has 0 radical (unpaired) electrons. The van der Waals surface area contributed by atoms with Crippen molar-refractivity contribution in [3.05, 3.63) is 12.3 Å². The molecule has 1 unspecified atom stereocenters. The number of allylic oxidation sites excluding steroid dienone is 1. The van der Waals surface area contributed by atoms with E-state index in [1.807, 2.05) is 13.0 Å². The summed E-state index contributed by atoms with van der Waals surface area (Å²) in [6, 6.07) is -0.162. The number of urea groups is 1. The van der Waals surface area contributed by atoms with Crippen LogP contribution in [0.25, 0.3) is 0 Å². The Morgan fingerprint density at radius 3 is 3.14 bits per heavy atom. The van der Waals surface area contributed by atoms with Gasteiger partial charge in [0.2, 0.25) is 0 Å². The van der Waals surface area contributed by atoms with E-state index in [1.54, 1.807) is 6.20 Å². The maximum Gasteiger partial charge on any atom is 0.318 e. The van der Waals surface area contributed by atoms with Crippen molar-refractivity contribution >= 4 is 6.03 Å². The lowest BCUT2D eigenvalue weighted by molar-refractivity contribution is 0.111. The Labute approximate surface area is 84.7 Å². The molecule has 0 aliphatic carbocycles. The van der Waals surface area contributed by atoms with Gasteiger partial charge in [0.15, 0.2) is 0 Å². The van der Waals surface area contributed by atoms with Gasteiger partial charge in [-0.15, -0.1) is 0 Å². The Kier molecular flexibility index (Phi) is 5.07. The van der Waals surface area contributed by atoms with Crippen LogP contribution >= 0.6 is 0 Å². The minimum absolute atomic E-state index is 0.162. The van der Waals surface area contributed by atoms with Crippen molar-refractivity contribution in [2.45, 2.75) is 32.3 Å². The van der Waals surface area contributed by atoms with Gasteiger partial charge in [-0.2, -0.15) is 0 Å². The summed E-state index contributed by atoms with van der Waals surface area (Å²) in [6.45, 7) is 3.44. The molecular formula is C10H18N2O2. The highest BCUT2D eigenvalue weighted by Crippen LogP contribution is 2.10. The first-order valence-electron chi connectivity index (χ1n) is 5.14. The molecule has 2 N–H and O–H groups in total. The normalized spacial score (nSPS) is 21.4. The molecule has 4 nitrogen and oxygen atoms in total. The third kappa shape index (κ3) is 4.28. The molecule has 1 fully saturated rings. The molecule has 2 amide bonds. The van der Waals surface area contributed by atoms with Gasteiger partial charge in [0.05, 0.1) is 6.10 Å². The molecule has 0 spiro atoms. The predicted octanol–water partition coefficient (Wildman–Crippen LogP) is 1.39. The Morgan fingerprint density at radius 2 is 2.50 bits per heavy atom. The van der Waals surface area contributed by atoms with Crippen LogP contribution in [-0.4, -0.2) is 25.3 Å². The van der Waals surface area contributed by atoms with E-state index in [0.29, 0.717) is 6.54 Å². The first-order chi connectivity index (χ1) is 6.83. The van der Waals surface area contributed by atoms with Gasteiger partial charge in [-0.25, -0.2) is 4.79 Å². The maximum absolute atomic E-state index is 11.1. The SMILES string of the molecule is CC/C=C/NC(=O)NCC1CCCO1. The molecular weight excluding hydrogens is 180 g/mol. The zero-order chi connectivity index (χ0) is 10.2. The van der Waals surface area contributed by atoms with Crippen LogP contribution in [0.5, 0.6) is 0 Å². The van der Waals surface area contributed by atoms with Gasteiger partial charge in [0.25, 0.3) is 0 Å². The van der Waals surface area contributed by atoms with E-state index in [4.69, 9.17) is 4.74 Å². The molecule has 1 rings (SSSR count). The second-order valence-corrected chi connectivity index (χ2v) is 3.30. The van der Waals surface area contributed by atoms with Crippen LogP contribution < -0.4 is 10.6 Å². The summed E-state index contributed by atoms with van der Waals surface area (Å²) in [5.74, 6) is 0. The maximum atomic E-state index is 11.1. The van der Waals surface area contributed by atoms with Crippen molar-refractivity contribution < 1.29 is 9.53 Å². The standard InChI is InChI=1S/C10H18N2O2/c1-2-3-6-11-10(13)12-8-9-5-4-7-14-9/h3,6,9H,2,4-5,7-8H2,1H3,(H2,11,12,13)/b6-3+. The number of carbonyl (C=O) groups excluding carboxylic acids is 1. The number of rotatable bonds is 4. The largest absolute Gasteiger partial charge is 0.376 e. The fraction of sp³-hybridized carbons (Fsp3) is 0.700. The summed E-state index contributed by atoms with van der Waals surface area (Å²) in [4.78, 5) is 11.1. The summed E-state index contributed by atoms with van der Waals surface area (Å²) >= 11 is 0. The van der Waals surface area contributed by atoms with Gasteiger partial charge in [0, 0.05) is 19.4 Å². The molecule has 1 heterocycles. The lowest BCUT2D eigenvalue weighted by Crippen LogP contribution is -2.37. The van der Waals surface area contributed by atoms with E-state index in [-0.39, 0.29) is 12.1 Å². The molecule has 0 aromatic carbocycles. The van der Waals surface area contributed by atoms with E-state index >= 15 is 0 Å². The van der Waals surface area contributed by atoms with Crippen LogP contribution in [0.15, 0.2) is 12.3 Å². The van der Waals surface area contributed by atoms with E-state index in [1.165, 1.54) is 0 Å².